The number of nitrogen functional groups attached to an aromatic ring is 1. The van der Waals surface area contributed by atoms with Gasteiger partial charge in [0.2, 0.25) is 0 Å². The van der Waals surface area contributed by atoms with Gasteiger partial charge in [-0.15, -0.1) is 0 Å². The first-order valence-corrected chi connectivity index (χ1v) is 6.22. The fourth-order valence-electron chi connectivity index (χ4n) is 2.28. The number of H-pyrrole nitrogens is 1. The summed E-state index contributed by atoms with van der Waals surface area (Å²) < 4.78 is 0. The summed E-state index contributed by atoms with van der Waals surface area (Å²) in [5.41, 5.74) is 11.1. The van der Waals surface area contributed by atoms with Crippen molar-refractivity contribution in [3.63, 3.8) is 0 Å². The second-order valence-corrected chi connectivity index (χ2v) is 4.67. The standard InChI is InChI=1S/C15H16N4/c1-19(15-5-3-2-4-12(15)16)9-11-6-7-13-14(8-11)18-10-17-13/h2-8,10H,9,16H2,1H3,(H,17,18). The molecule has 0 aliphatic rings. The first kappa shape index (κ1) is 11.6. The molecule has 0 aliphatic carbocycles. The second-order valence-electron chi connectivity index (χ2n) is 4.67. The number of rotatable bonds is 3. The highest BCUT2D eigenvalue weighted by molar-refractivity contribution is 5.75. The zero-order valence-corrected chi connectivity index (χ0v) is 10.8. The minimum atomic E-state index is 0.799. The van der Waals surface area contributed by atoms with Crippen molar-refractivity contribution in [2.45, 2.75) is 6.54 Å². The van der Waals surface area contributed by atoms with Gasteiger partial charge in [0.15, 0.2) is 0 Å². The summed E-state index contributed by atoms with van der Waals surface area (Å²) in [4.78, 5) is 9.50. The van der Waals surface area contributed by atoms with Crippen molar-refractivity contribution in [2.75, 3.05) is 17.7 Å². The van der Waals surface area contributed by atoms with Crippen molar-refractivity contribution in [2.24, 2.45) is 0 Å². The summed E-state index contributed by atoms with van der Waals surface area (Å²) in [5.74, 6) is 0. The summed E-state index contributed by atoms with van der Waals surface area (Å²) in [6.45, 7) is 0.809. The Bertz CT molecular complexity index is 702. The van der Waals surface area contributed by atoms with E-state index in [1.807, 2.05) is 37.4 Å². The first-order valence-electron chi connectivity index (χ1n) is 6.22. The van der Waals surface area contributed by atoms with E-state index in [4.69, 9.17) is 5.73 Å². The molecule has 4 heteroatoms. The van der Waals surface area contributed by atoms with Crippen LogP contribution in [0.1, 0.15) is 5.56 Å². The van der Waals surface area contributed by atoms with Crippen molar-refractivity contribution in [1.82, 2.24) is 9.97 Å². The van der Waals surface area contributed by atoms with Crippen LogP contribution in [0, 0.1) is 0 Å². The van der Waals surface area contributed by atoms with E-state index in [1.165, 1.54) is 5.56 Å². The van der Waals surface area contributed by atoms with E-state index in [9.17, 15) is 0 Å². The zero-order chi connectivity index (χ0) is 13.2. The third-order valence-corrected chi connectivity index (χ3v) is 3.25. The normalized spacial score (nSPS) is 10.8. The molecule has 19 heavy (non-hydrogen) atoms. The monoisotopic (exact) mass is 252 g/mol. The molecule has 0 unspecified atom stereocenters. The van der Waals surface area contributed by atoms with Gasteiger partial charge in [0, 0.05) is 13.6 Å². The van der Waals surface area contributed by atoms with Crippen LogP contribution in [0.25, 0.3) is 11.0 Å². The van der Waals surface area contributed by atoms with Gasteiger partial charge in [0.25, 0.3) is 0 Å². The number of anilines is 2. The highest BCUT2D eigenvalue weighted by Crippen LogP contribution is 2.23. The van der Waals surface area contributed by atoms with Crippen molar-refractivity contribution in [3.8, 4) is 0 Å². The number of hydrogen-bond donors (Lipinski definition) is 2. The molecular weight excluding hydrogens is 236 g/mol. The first-order chi connectivity index (χ1) is 9.24. The Balaban J connectivity index is 1.86. The number of aromatic amines is 1. The van der Waals surface area contributed by atoms with Crippen LogP contribution in [0.3, 0.4) is 0 Å². The molecular formula is C15H16N4. The van der Waals surface area contributed by atoms with E-state index < -0.39 is 0 Å². The lowest BCUT2D eigenvalue weighted by Crippen LogP contribution is -2.17. The van der Waals surface area contributed by atoms with Crippen LogP contribution >= 0.6 is 0 Å². The van der Waals surface area contributed by atoms with E-state index >= 15 is 0 Å². The lowest BCUT2D eigenvalue weighted by Gasteiger charge is -2.21. The van der Waals surface area contributed by atoms with Crippen LogP contribution < -0.4 is 10.6 Å². The van der Waals surface area contributed by atoms with Gasteiger partial charge in [-0.05, 0) is 29.8 Å². The molecule has 0 radical (unpaired) electrons. The molecule has 0 atom stereocenters. The van der Waals surface area contributed by atoms with Crippen LogP contribution in [0.4, 0.5) is 11.4 Å². The molecule has 3 aromatic rings. The molecule has 1 aromatic heterocycles. The fourth-order valence-corrected chi connectivity index (χ4v) is 2.28. The van der Waals surface area contributed by atoms with Crippen molar-refractivity contribution >= 4 is 22.4 Å². The lowest BCUT2D eigenvalue weighted by molar-refractivity contribution is 0.926. The third kappa shape index (κ3) is 2.25. The maximum atomic E-state index is 5.99. The predicted octanol–water partition coefficient (Wildman–Crippen LogP) is 2.78. The highest BCUT2D eigenvalue weighted by Gasteiger charge is 2.06. The Hall–Kier alpha value is -2.49. The van der Waals surface area contributed by atoms with Gasteiger partial charge < -0.3 is 15.6 Å². The van der Waals surface area contributed by atoms with Crippen molar-refractivity contribution in [3.05, 3.63) is 54.4 Å². The topological polar surface area (TPSA) is 57.9 Å². The van der Waals surface area contributed by atoms with Crippen molar-refractivity contribution < 1.29 is 0 Å². The number of nitrogens with one attached hydrogen (secondary N) is 1. The van der Waals surface area contributed by atoms with E-state index in [2.05, 4.69) is 27.0 Å². The molecule has 3 N–H and O–H groups in total. The molecule has 0 aliphatic heterocycles. The Kier molecular flexibility index (Phi) is 2.83. The van der Waals surface area contributed by atoms with Crippen LogP contribution in [-0.4, -0.2) is 17.0 Å². The molecule has 96 valence electrons. The van der Waals surface area contributed by atoms with E-state index in [0.29, 0.717) is 0 Å². The summed E-state index contributed by atoms with van der Waals surface area (Å²) in [5, 5.41) is 0. The second kappa shape index (κ2) is 4.65. The van der Waals surface area contributed by atoms with Gasteiger partial charge in [-0.2, -0.15) is 0 Å². The van der Waals surface area contributed by atoms with Crippen LogP contribution in [0.2, 0.25) is 0 Å². The Morgan fingerprint density at radius 2 is 2.05 bits per heavy atom. The van der Waals surface area contributed by atoms with Gasteiger partial charge in [-0.3, -0.25) is 0 Å². The van der Waals surface area contributed by atoms with Gasteiger partial charge in [-0.1, -0.05) is 18.2 Å². The van der Waals surface area contributed by atoms with Crippen LogP contribution in [0.15, 0.2) is 48.8 Å². The minimum absolute atomic E-state index is 0.799. The number of fused-ring (bicyclic) bond motifs is 1. The lowest BCUT2D eigenvalue weighted by atomic mass is 10.1. The number of nitrogens with zero attached hydrogens (tertiary/aromatic N) is 2. The van der Waals surface area contributed by atoms with E-state index in [-0.39, 0.29) is 0 Å². The van der Waals surface area contributed by atoms with Gasteiger partial charge >= 0.3 is 0 Å². The zero-order valence-electron chi connectivity index (χ0n) is 10.8. The average Bonchev–Trinajstić information content (AvgIpc) is 2.86. The van der Waals surface area contributed by atoms with E-state index in [0.717, 1.165) is 29.0 Å². The molecule has 2 aromatic carbocycles. The maximum Gasteiger partial charge on any atom is 0.0931 e. The number of imidazole rings is 1. The molecule has 3 rings (SSSR count). The van der Waals surface area contributed by atoms with Gasteiger partial charge in [-0.25, -0.2) is 4.98 Å². The molecule has 0 bridgehead atoms. The molecule has 0 saturated carbocycles. The number of para-hydroxylation sites is 2. The summed E-state index contributed by atoms with van der Waals surface area (Å²) in [7, 11) is 2.04. The van der Waals surface area contributed by atoms with Gasteiger partial charge in [0.05, 0.1) is 28.7 Å². The molecule has 4 nitrogen and oxygen atoms in total. The maximum absolute atomic E-state index is 5.99. The summed E-state index contributed by atoms with van der Waals surface area (Å²) in [6, 6.07) is 14.2. The number of hydrogen-bond acceptors (Lipinski definition) is 3. The molecule has 1 heterocycles. The molecule has 0 amide bonds. The smallest absolute Gasteiger partial charge is 0.0931 e. The van der Waals surface area contributed by atoms with Gasteiger partial charge in [0.1, 0.15) is 0 Å². The minimum Gasteiger partial charge on any atom is -0.397 e. The fraction of sp³-hybridized carbons (Fsp3) is 0.133. The van der Waals surface area contributed by atoms with Crippen molar-refractivity contribution in [1.29, 1.82) is 0 Å². The molecule has 0 spiro atoms. The number of benzene rings is 2. The Morgan fingerprint density at radius 1 is 1.21 bits per heavy atom. The largest absolute Gasteiger partial charge is 0.397 e. The molecule has 0 fully saturated rings. The summed E-state index contributed by atoms with van der Waals surface area (Å²) >= 11 is 0. The quantitative estimate of drug-likeness (QED) is 0.705. The van der Waals surface area contributed by atoms with Crippen LogP contribution in [-0.2, 0) is 6.54 Å². The number of aromatic nitrogens is 2. The SMILES string of the molecule is CN(Cc1ccc2nc[nH]c2c1)c1ccccc1N. The summed E-state index contributed by atoms with van der Waals surface area (Å²) in [6.07, 6.45) is 1.72. The molecule has 0 saturated heterocycles. The predicted molar refractivity (Wildman–Crippen MR) is 79.1 cm³/mol. The third-order valence-electron chi connectivity index (χ3n) is 3.25. The van der Waals surface area contributed by atoms with E-state index in [1.54, 1.807) is 6.33 Å². The Morgan fingerprint density at radius 3 is 2.89 bits per heavy atom. The average molecular weight is 252 g/mol. The Labute approximate surface area is 111 Å². The highest BCUT2D eigenvalue weighted by atomic mass is 15.1. The number of nitrogens with two attached hydrogens (primary N) is 1. The van der Waals surface area contributed by atoms with Crippen LogP contribution in [0.5, 0.6) is 0 Å².